The van der Waals surface area contributed by atoms with Crippen LogP contribution in [0.15, 0.2) is 18.2 Å². The molecule has 2 aliphatic rings. The molecule has 4 nitrogen and oxygen atoms in total. The van der Waals surface area contributed by atoms with Crippen LogP contribution in [0.5, 0.6) is 5.75 Å². The molecule has 0 aliphatic carbocycles. The fourth-order valence-electron chi connectivity index (χ4n) is 3.68. The Labute approximate surface area is 126 Å². The highest BCUT2D eigenvalue weighted by Gasteiger charge is 2.35. The number of benzene rings is 1. The van der Waals surface area contributed by atoms with Crippen molar-refractivity contribution in [2.75, 3.05) is 19.6 Å². The van der Waals surface area contributed by atoms with Gasteiger partial charge in [0, 0.05) is 30.7 Å². The minimum atomic E-state index is 0.102. The van der Waals surface area contributed by atoms with Crippen molar-refractivity contribution in [1.82, 2.24) is 9.80 Å². The second-order valence-corrected chi connectivity index (χ2v) is 6.45. The third-order valence-electron chi connectivity index (χ3n) is 4.89. The molecule has 1 aromatic carbocycles. The molecule has 2 saturated heterocycles. The van der Waals surface area contributed by atoms with Crippen molar-refractivity contribution in [3.05, 3.63) is 29.3 Å². The van der Waals surface area contributed by atoms with Gasteiger partial charge in [-0.05, 0) is 57.0 Å². The number of hydrogen-bond donors (Lipinski definition) is 1. The molecule has 2 heterocycles. The lowest BCUT2D eigenvalue weighted by molar-refractivity contribution is 0.0151. The number of aryl methyl sites for hydroxylation is 1. The smallest absolute Gasteiger partial charge is 0.254 e. The first kappa shape index (κ1) is 14.4. The maximum atomic E-state index is 12.8. The monoisotopic (exact) mass is 288 g/mol. The molecular weight excluding hydrogens is 264 g/mol. The number of aromatic hydroxyl groups is 1. The van der Waals surface area contributed by atoms with E-state index in [1.165, 1.54) is 25.8 Å². The Hall–Kier alpha value is -1.55. The maximum absolute atomic E-state index is 12.8. The SMILES string of the molecule is Cc1cc(O)ccc1C(=O)N1CC2CCCCN2CC1C. The number of carbonyl (C=O) groups excluding carboxylic acids is 1. The highest BCUT2D eigenvalue weighted by molar-refractivity contribution is 5.96. The molecule has 0 radical (unpaired) electrons. The zero-order chi connectivity index (χ0) is 15.0. The molecule has 21 heavy (non-hydrogen) atoms. The Morgan fingerprint density at radius 3 is 2.86 bits per heavy atom. The summed E-state index contributed by atoms with van der Waals surface area (Å²) in [6, 6.07) is 5.78. The molecule has 0 saturated carbocycles. The predicted octanol–water partition coefficient (Wildman–Crippen LogP) is 2.40. The van der Waals surface area contributed by atoms with Gasteiger partial charge in [-0.2, -0.15) is 0 Å². The van der Waals surface area contributed by atoms with Crippen LogP contribution in [0, 0.1) is 6.92 Å². The highest BCUT2D eigenvalue weighted by atomic mass is 16.3. The number of piperidine rings is 1. The minimum Gasteiger partial charge on any atom is -0.508 e. The number of phenols is 1. The van der Waals surface area contributed by atoms with E-state index in [0.717, 1.165) is 18.7 Å². The van der Waals surface area contributed by atoms with Gasteiger partial charge >= 0.3 is 0 Å². The van der Waals surface area contributed by atoms with Crippen LogP contribution in [0.25, 0.3) is 0 Å². The van der Waals surface area contributed by atoms with Crippen molar-refractivity contribution >= 4 is 5.91 Å². The number of hydrogen-bond acceptors (Lipinski definition) is 3. The fraction of sp³-hybridized carbons (Fsp3) is 0.588. The summed E-state index contributed by atoms with van der Waals surface area (Å²) in [6.45, 7) is 7.01. The first-order chi connectivity index (χ1) is 10.1. The number of carbonyl (C=O) groups is 1. The molecule has 1 aromatic rings. The summed E-state index contributed by atoms with van der Waals surface area (Å²) in [5.41, 5.74) is 1.56. The van der Waals surface area contributed by atoms with E-state index >= 15 is 0 Å². The second kappa shape index (κ2) is 5.68. The molecule has 3 rings (SSSR count). The van der Waals surface area contributed by atoms with Crippen molar-refractivity contribution in [2.24, 2.45) is 0 Å². The van der Waals surface area contributed by atoms with Crippen LogP contribution >= 0.6 is 0 Å². The average Bonchev–Trinajstić information content (AvgIpc) is 2.46. The van der Waals surface area contributed by atoms with Crippen LogP contribution in [0.3, 0.4) is 0 Å². The lowest BCUT2D eigenvalue weighted by atomic mass is 9.96. The molecule has 114 valence electrons. The van der Waals surface area contributed by atoms with Crippen molar-refractivity contribution in [3.8, 4) is 5.75 Å². The Bertz CT molecular complexity index is 544. The predicted molar refractivity (Wildman–Crippen MR) is 82.6 cm³/mol. The first-order valence-corrected chi connectivity index (χ1v) is 7.91. The molecule has 0 spiro atoms. The number of nitrogens with zero attached hydrogens (tertiary/aromatic N) is 2. The van der Waals surface area contributed by atoms with Gasteiger partial charge in [0.15, 0.2) is 0 Å². The third-order valence-corrected chi connectivity index (χ3v) is 4.89. The zero-order valence-electron chi connectivity index (χ0n) is 12.9. The summed E-state index contributed by atoms with van der Waals surface area (Å²) in [5, 5.41) is 9.50. The molecule has 0 bridgehead atoms. The van der Waals surface area contributed by atoms with Crippen LogP contribution < -0.4 is 0 Å². The van der Waals surface area contributed by atoms with Gasteiger partial charge in [-0.25, -0.2) is 0 Å². The standard InChI is InChI=1S/C17H24N2O2/c1-12-9-15(20)6-7-16(12)17(21)19-11-14-5-3-4-8-18(14)10-13(19)2/h6-7,9,13-14,20H,3-5,8,10-11H2,1-2H3. The van der Waals surface area contributed by atoms with Gasteiger partial charge in [-0.1, -0.05) is 6.42 Å². The van der Waals surface area contributed by atoms with Gasteiger partial charge in [0.1, 0.15) is 5.75 Å². The lowest BCUT2D eigenvalue weighted by Crippen LogP contribution is -2.60. The van der Waals surface area contributed by atoms with Gasteiger partial charge in [0.2, 0.25) is 0 Å². The van der Waals surface area contributed by atoms with E-state index < -0.39 is 0 Å². The molecule has 2 fully saturated rings. The average molecular weight is 288 g/mol. The normalized spacial score (nSPS) is 26.5. The number of amides is 1. The Balaban J connectivity index is 1.80. The number of fused-ring (bicyclic) bond motifs is 1. The molecule has 2 atom stereocenters. The van der Waals surface area contributed by atoms with E-state index in [9.17, 15) is 9.90 Å². The first-order valence-electron chi connectivity index (χ1n) is 7.91. The van der Waals surface area contributed by atoms with E-state index in [-0.39, 0.29) is 17.7 Å². The van der Waals surface area contributed by atoms with Crippen LogP contribution in [0.2, 0.25) is 0 Å². The summed E-state index contributed by atoms with van der Waals surface area (Å²) in [6.07, 6.45) is 3.76. The third kappa shape index (κ3) is 2.77. The number of piperazine rings is 1. The van der Waals surface area contributed by atoms with Crippen LogP contribution in [-0.4, -0.2) is 52.5 Å². The van der Waals surface area contributed by atoms with Crippen LogP contribution in [-0.2, 0) is 0 Å². The van der Waals surface area contributed by atoms with Gasteiger partial charge in [0.25, 0.3) is 5.91 Å². The Morgan fingerprint density at radius 1 is 1.29 bits per heavy atom. The molecule has 2 unspecified atom stereocenters. The van der Waals surface area contributed by atoms with E-state index in [4.69, 9.17) is 0 Å². The topological polar surface area (TPSA) is 43.8 Å². The molecule has 0 aromatic heterocycles. The van der Waals surface area contributed by atoms with E-state index in [0.29, 0.717) is 11.6 Å². The summed E-state index contributed by atoms with van der Waals surface area (Å²) in [4.78, 5) is 17.4. The van der Waals surface area contributed by atoms with Crippen molar-refractivity contribution < 1.29 is 9.90 Å². The van der Waals surface area contributed by atoms with Gasteiger partial charge in [0.05, 0.1) is 0 Å². The van der Waals surface area contributed by atoms with Gasteiger partial charge in [-0.3, -0.25) is 9.69 Å². The fourth-order valence-corrected chi connectivity index (χ4v) is 3.68. The van der Waals surface area contributed by atoms with Crippen LogP contribution in [0.1, 0.15) is 42.1 Å². The van der Waals surface area contributed by atoms with Gasteiger partial charge in [-0.15, -0.1) is 0 Å². The highest BCUT2D eigenvalue weighted by Crippen LogP contribution is 2.26. The Kier molecular flexibility index (Phi) is 3.89. The molecule has 1 N–H and O–H groups in total. The number of rotatable bonds is 1. The molecular formula is C17H24N2O2. The summed E-state index contributed by atoms with van der Waals surface area (Å²) in [5.74, 6) is 0.319. The lowest BCUT2D eigenvalue weighted by Gasteiger charge is -2.47. The largest absolute Gasteiger partial charge is 0.508 e. The van der Waals surface area contributed by atoms with Crippen molar-refractivity contribution in [1.29, 1.82) is 0 Å². The zero-order valence-corrected chi connectivity index (χ0v) is 12.9. The summed E-state index contributed by atoms with van der Waals surface area (Å²) in [7, 11) is 0. The molecule has 4 heteroatoms. The quantitative estimate of drug-likeness (QED) is 0.863. The van der Waals surface area contributed by atoms with Crippen molar-refractivity contribution in [2.45, 2.75) is 45.2 Å². The summed E-state index contributed by atoms with van der Waals surface area (Å²) >= 11 is 0. The minimum absolute atomic E-state index is 0.102. The Morgan fingerprint density at radius 2 is 2.10 bits per heavy atom. The van der Waals surface area contributed by atoms with E-state index in [1.54, 1.807) is 18.2 Å². The second-order valence-electron chi connectivity index (χ2n) is 6.45. The maximum Gasteiger partial charge on any atom is 0.254 e. The van der Waals surface area contributed by atoms with Crippen molar-refractivity contribution in [3.63, 3.8) is 0 Å². The van der Waals surface area contributed by atoms with Crippen LogP contribution in [0.4, 0.5) is 0 Å². The van der Waals surface area contributed by atoms with E-state index in [1.807, 2.05) is 11.8 Å². The molecule has 2 aliphatic heterocycles. The van der Waals surface area contributed by atoms with E-state index in [2.05, 4.69) is 11.8 Å². The summed E-state index contributed by atoms with van der Waals surface area (Å²) < 4.78 is 0. The van der Waals surface area contributed by atoms with Gasteiger partial charge < -0.3 is 10.0 Å². The number of phenolic OH excluding ortho intramolecular Hbond substituents is 1. The molecule has 1 amide bonds.